The van der Waals surface area contributed by atoms with Gasteiger partial charge in [0, 0.05) is 56.4 Å². The van der Waals surface area contributed by atoms with E-state index in [0.717, 1.165) is 24.9 Å². The molecule has 3 saturated carbocycles. The second-order valence-electron chi connectivity index (χ2n) is 19.9. The molecule has 7 aliphatic rings. The molecule has 1 aromatic rings. The molecule has 3 heterocycles. The number of fused-ring (bicyclic) bond motifs is 3. The maximum atomic E-state index is 15.4. The van der Waals surface area contributed by atoms with Gasteiger partial charge in [-0.25, -0.2) is 0 Å². The van der Waals surface area contributed by atoms with E-state index in [9.17, 15) is 9.90 Å². The van der Waals surface area contributed by atoms with Gasteiger partial charge in [-0.15, -0.1) is 0 Å². The van der Waals surface area contributed by atoms with Crippen LogP contribution in [0.2, 0.25) is 0 Å². The van der Waals surface area contributed by atoms with E-state index in [2.05, 4.69) is 44.2 Å². The van der Waals surface area contributed by atoms with E-state index >= 15 is 4.79 Å². The van der Waals surface area contributed by atoms with Gasteiger partial charge in [0.05, 0.1) is 49.6 Å². The van der Waals surface area contributed by atoms with Crippen molar-refractivity contribution in [3.05, 3.63) is 35.9 Å². The summed E-state index contributed by atoms with van der Waals surface area (Å²) in [5.74, 6) is -0.934. The van der Waals surface area contributed by atoms with Gasteiger partial charge in [-0.1, -0.05) is 26.0 Å². The molecule has 0 aromatic heterocycles. The molecule has 352 valence electrons. The van der Waals surface area contributed by atoms with Crippen LogP contribution in [0.25, 0.3) is 0 Å². The summed E-state index contributed by atoms with van der Waals surface area (Å²) in [5, 5.41) is 16.8. The Morgan fingerprint density at radius 1 is 0.889 bits per heavy atom. The summed E-state index contributed by atoms with van der Waals surface area (Å²) in [4.78, 5) is 31.8. The molecule has 3 aliphatic heterocycles. The standard InChI is InChI=1S/C49H74N2O12/c1-11-30-15-13-17-39(63-41-19-18-38(51(5)6)27(3)59-41)26(2)42(53)35-23-36-33-21-32(62-47-45(58-10)44(57-9)43(56-8)28(4)60-47)22-34(33)46(54)49(50-29-14-12-16-31(20-29)55-7)25-48(36,49)37(35)24-40(52)61-30/h12,14,16,20,23,26-28,30,32-34,36-39,41,43-47,50,54H,11,13,15,17-19,21-22,24-25H2,1-10H3/t26-,27?,28?,30+,32+,33-,34-,36+,37-,38+,39+,41+,43+,44?,45?,46-,47+,48-,49+/m1/s1. The van der Waals surface area contributed by atoms with E-state index < -0.39 is 53.7 Å². The zero-order chi connectivity index (χ0) is 45.0. The molecule has 14 nitrogen and oxygen atoms in total. The highest BCUT2D eigenvalue weighted by Gasteiger charge is 2.83. The van der Waals surface area contributed by atoms with Crippen LogP contribution >= 0.6 is 0 Å². The molecule has 4 aliphatic carbocycles. The zero-order valence-electron chi connectivity index (χ0n) is 39.2. The predicted molar refractivity (Wildman–Crippen MR) is 234 cm³/mol. The Morgan fingerprint density at radius 3 is 2.32 bits per heavy atom. The molecule has 14 heteroatoms. The predicted octanol–water partition coefficient (Wildman–Crippen LogP) is 5.93. The van der Waals surface area contributed by atoms with Crippen LogP contribution in [0, 0.1) is 35.0 Å². The second kappa shape index (κ2) is 18.9. The highest BCUT2D eigenvalue weighted by molar-refractivity contribution is 5.99. The molecule has 6 fully saturated rings. The first-order chi connectivity index (χ1) is 30.2. The van der Waals surface area contributed by atoms with E-state index in [1.807, 2.05) is 38.1 Å². The number of aliphatic hydroxyl groups is 1. The van der Waals surface area contributed by atoms with Gasteiger partial charge in [0.1, 0.15) is 30.2 Å². The monoisotopic (exact) mass is 883 g/mol. The van der Waals surface area contributed by atoms with Crippen LogP contribution in [0.4, 0.5) is 5.69 Å². The Balaban J connectivity index is 1.14. The number of likely N-dealkylation sites (N-methyl/N-ethyl adjacent to an activating group) is 1. The van der Waals surface area contributed by atoms with Crippen LogP contribution in [0.5, 0.6) is 5.75 Å². The third kappa shape index (κ3) is 8.41. The van der Waals surface area contributed by atoms with E-state index in [1.54, 1.807) is 28.4 Å². The minimum Gasteiger partial charge on any atom is -0.497 e. The van der Waals surface area contributed by atoms with Gasteiger partial charge in [-0.3, -0.25) is 9.59 Å². The number of ether oxygens (including phenoxy) is 9. The second-order valence-corrected chi connectivity index (χ2v) is 19.9. The van der Waals surface area contributed by atoms with Gasteiger partial charge in [0.15, 0.2) is 18.4 Å². The highest BCUT2D eigenvalue weighted by Crippen LogP contribution is 2.79. The number of carbonyl (C=O) groups is 2. The Hall–Kier alpha value is -2.66. The molecule has 1 aromatic carbocycles. The quantitative estimate of drug-likeness (QED) is 0.239. The summed E-state index contributed by atoms with van der Waals surface area (Å²) < 4.78 is 56.1. The van der Waals surface area contributed by atoms with Crippen molar-refractivity contribution in [1.82, 2.24) is 4.90 Å². The SMILES string of the molecule is CC[C@H]1CCC[C@H](O[C@H]2CC[C@H](N(C)C)C(C)O2)[C@@H](C)C(=O)C2=C[C@H]3[C@@H]4C[C@H](O[C@@H]5OC(C)[C@H](OC)C(OC)C5OC)C[C@H]4[C@@H](O)[C@@]4(Nc5cccc(OC)c5)C[C@]34[C@@H]2CC(=O)O1. The van der Waals surface area contributed by atoms with Gasteiger partial charge in [-0.05, 0) is 121 Å². The highest BCUT2D eigenvalue weighted by atomic mass is 16.7. The summed E-state index contributed by atoms with van der Waals surface area (Å²) in [6.07, 6.45) is 4.00. The van der Waals surface area contributed by atoms with Crippen molar-refractivity contribution >= 4 is 17.4 Å². The normalized spacial score (nSPS) is 45.1. The molecule has 19 atom stereocenters. The van der Waals surface area contributed by atoms with Crippen molar-refractivity contribution in [2.75, 3.05) is 47.9 Å². The number of esters is 1. The largest absolute Gasteiger partial charge is 0.497 e. The molecule has 63 heavy (non-hydrogen) atoms. The van der Waals surface area contributed by atoms with Crippen molar-refractivity contribution < 1.29 is 57.3 Å². The first kappa shape index (κ1) is 46.9. The van der Waals surface area contributed by atoms with E-state index in [4.69, 9.17) is 42.6 Å². The lowest BCUT2D eigenvalue weighted by atomic mass is 9.62. The first-order valence-corrected chi connectivity index (χ1v) is 23.7. The number of anilines is 1. The van der Waals surface area contributed by atoms with Crippen molar-refractivity contribution in [1.29, 1.82) is 0 Å². The van der Waals surface area contributed by atoms with Crippen LogP contribution in [-0.2, 0) is 47.5 Å². The molecule has 2 N–H and O–H groups in total. The van der Waals surface area contributed by atoms with Crippen molar-refractivity contribution in [3.8, 4) is 5.75 Å². The fraction of sp³-hybridized carbons (Fsp3) is 0.796. The average molecular weight is 883 g/mol. The van der Waals surface area contributed by atoms with Crippen LogP contribution < -0.4 is 10.1 Å². The number of Topliss-reactive ketones (excluding diaryl/α,β-unsaturated/α-hetero) is 1. The van der Waals surface area contributed by atoms with Crippen molar-refractivity contribution in [3.63, 3.8) is 0 Å². The smallest absolute Gasteiger partial charge is 0.306 e. The topological polar surface area (TPSA) is 153 Å². The van der Waals surface area contributed by atoms with Crippen LogP contribution in [0.1, 0.15) is 91.9 Å². The Bertz CT molecular complexity index is 1810. The molecule has 0 bridgehead atoms. The number of nitrogens with zero attached hydrogens (tertiary/aromatic N) is 1. The number of hydrogen-bond acceptors (Lipinski definition) is 14. The molecule has 8 rings (SSSR count). The van der Waals surface area contributed by atoms with Gasteiger partial charge >= 0.3 is 5.97 Å². The van der Waals surface area contributed by atoms with Crippen molar-refractivity contribution in [2.24, 2.45) is 35.0 Å². The molecule has 3 saturated heterocycles. The molecular formula is C49H74N2O12. The summed E-state index contributed by atoms with van der Waals surface area (Å²) in [5.41, 5.74) is -0.0448. The number of hydrogen-bond donors (Lipinski definition) is 2. The summed E-state index contributed by atoms with van der Waals surface area (Å²) in [7, 11) is 10.7. The zero-order valence-corrected chi connectivity index (χ0v) is 39.2. The first-order valence-electron chi connectivity index (χ1n) is 23.7. The lowest BCUT2D eigenvalue weighted by Gasteiger charge is -2.47. The number of rotatable bonds is 12. The number of allylic oxidation sites excluding steroid dienone is 2. The van der Waals surface area contributed by atoms with E-state index in [1.165, 1.54) is 0 Å². The number of methoxy groups -OCH3 is 4. The molecule has 4 unspecified atom stereocenters. The summed E-state index contributed by atoms with van der Waals surface area (Å²) in [6.45, 7) is 8.09. The number of carbonyl (C=O) groups excluding carboxylic acids is 2. The minimum absolute atomic E-state index is 0.00549. The molecule has 1 spiro atoms. The van der Waals surface area contributed by atoms with Crippen LogP contribution in [-0.4, -0.2) is 143 Å². The van der Waals surface area contributed by atoms with Crippen LogP contribution in [0.3, 0.4) is 0 Å². The maximum absolute atomic E-state index is 15.4. The Morgan fingerprint density at radius 2 is 1.63 bits per heavy atom. The van der Waals surface area contributed by atoms with Crippen molar-refractivity contribution in [2.45, 2.75) is 171 Å². The fourth-order valence-electron chi connectivity index (χ4n) is 13.4. The third-order valence-electron chi connectivity index (χ3n) is 16.5. The lowest BCUT2D eigenvalue weighted by molar-refractivity contribution is -0.314. The number of nitrogens with one attached hydrogen (secondary N) is 1. The number of cyclic esters (lactones) is 1. The third-order valence-corrected chi connectivity index (χ3v) is 16.5. The Kier molecular flexibility index (Phi) is 14.1. The molecule has 0 radical (unpaired) electrons. The number of benzene rings is 1. The lowest BCUT2D eigenvalue weighted by Crippen LogP contribution is -2.59. The summed E-state index contributed by atoms with van der Waals surface area (Å²) >= 11 is 0. The maximum Gasteiger partial charge on any atom is 0.306 e. The Labute approximate surface area is 374 Å². The van der Waals surface area contributed by atoms with Crippen LogP contribution in [0.15, 0.2) is 35.9 Å². The number of aliphatic hydroxyl groups excluding tert-OH is 1. The van der Waals surface area contributed by atoms with E-state index in [-0.39, 0.29) is 72.6 Å². The van der Waals surface area contributed by atoms with Gasteiger partial charge in [0.2, 0.25) is 0 Å². The van der Waals surface area contributed by atoms with Gasteiger partial charge in [-0.2, -0.15) is 0 Å². The van der Waals surface area contributed by atoms with Gasteiger partial charge < -0.3 is 58.0 Å². The fourth-order valence-corrected chi connectivity index (χ4v) is 13.4. The minimum atomic E-state index is -0.850. The average Bonchev–Trinajstić information content (AvgIpc) is 3.58. The summed E-state index contributed by atoms with van der Waals surface area (Å²) in [6, 6.07) is 8.04. The molecule has 0 amide bonds. The van der Waals surface area contributed by atoms with E-state index in [0.29, 0.717) is 55.9 Å². The molecular weight excluding hydrogens is 809 g/mol. The van der Waals surface area contributed by atoms with Gasteiger partial charge in [0.25, 0.3) is 0 Å². The number of ketones is 1.